The number of aliphatic hydroxyl groups is 1. The van der Waals surface area contributed by atoms with Crippen LogP contribution in [0, 0.1) is 6.92 Å². The van der Waals surface area contributed by atoms with Gasteiger partial charge in [0.05, 0.1) is 12.6 Å². The highest BCUT2D eigenvalue weighted by Gasteiger charge is 2.31. The first-order valence-electron chi connectivity index (χ1n) is 13.0. The van der Waals surface area contributed by atoms with Crippen molar-refractivity contribution in [2.75, 3.05) is 26.2 Å². The van der Waals surface area contributed by atoms with Gasteiger partial charge in [-0.1, -0.05) is 11.2 Å². The molecule has 3 aromatic heterocycles. The fourth-order valence-electron chi connectivity index (χ4n) is 4.41. The molecule has 0 saturated carbocycles. The van der Waals surface area contributed by atoms with Gasteiger partial charge in [0.15, 0.2) is 5.69 Å². The molecule has 0 atom stereocenters. The molecule has 14 heteroatoms. The van der Waals surface area contributed by atoms with Gasteiger partial charge in [-0.25, -0.2) is 0 Å². The standard InChI is InChI=1S/C27H28F3N7O4/c1-17-14-23(26-33-24(35-41-26)19-3-5-21(6-4-19)40-27(28,29)30)34-37(17)16-18-2-7-22(32-15-18)25(39)31-10-13-36-11-8-20(38)9-12-36/h2-7,14-15,20,38H,8-13,16H2,1H3,(H,31,39). The van der Waals surface area contributed by atoms with Crippen LogP contribution in [0.3, 0.4) is 0 Å². The number of hydrogen-bond donors (Lipinski definition) is 2. The summed E-state index contributed by atoms with van der Waals surface area (Å²) in [6, 6.07) is 10.4. The number of nitrogens with one attached hydrogen (secondary N) is 1. The van der Waals surface area contributed by atoms with Crippen molar-refractivity contribution in [2.45, 2.75) is 38.8 Å². The lowest BCUT2D eigenvalue weighted by molar-refractivity contribution is -0.274. The zero-order valence-corrected chi connectivity index (χ0v) is 22.1. The van der Waals surface area contributed by atoms with Gasteiger partial charge in [-0.05, 0) is 61.7 Å². The highest BCUT2D eigenvalue weighted by molar-refractivity contribution is 5.92. The van der Waals surface area contributed by atoms with Gasteiger partial charge in [-0.15, -0.1) is 13.2 Å². The molecule has 4 heterocycles. The predicted molar refractivity (Wildman–Crippen MR) is 140 cm³/mol. The SMILES string of the molecule is Cc1cc(-c2nc(-c3ccc(OC(F)(F)F)cc3)no2)nn1Cc1ccc(C(=O)NCCN2CCC(O)CC2)nc1. The average Bonchev–Trinajstić information content (AvgIpc) is 3.57. The number of aryl methyl sites for hydroxylation is 1. The van der Waals surface area contributed by atoms with Crippen LogP contribution < -0.4 is 10.1 Å². The molecule has 1 amide bonds. The van der Waals surface area contributed by atoms with Crippen molar-refractivity contribution >= 4 is 5.91 Å². The number of pyridine rings is 1. The summed E-state index contributed by atoms with van der Waals surface area (Å²) < 4.78 is 48.1. The van der Waals surface area contributed by atoms with Gasteiger partial charge in [0.1, 0.15) is 11.4 Å². The molecule has 1 aliphatic heterocycles. The van der Waals surface area contributed by atoms with Crippen LogP contribution >= 0.6 is 0 Å². The molecule has 4 aromatic rings. The smallest absolute Gasteiger partial charge is 0.406 e. The maximum atomic E-state index is 12.5. The van der Waals surface area contributed by atoms with E-state index in [0.717, 1.165) is 43.7 Å². The molecule has 0 bridgehead atoms. The van der Waals surface area contributed by atoms with Crippen LogP contribution in [-0.4, -0.2) is 79.5 Å². The van der Waals surface area contributed by atoms with Gasteiger partial charge in [-0.3, -0.25) is 14.5 Å². The number of carbonyl (C=O) groups excluding carboxylic acids is 1. The van der Waals surface area contributed by atoms with E-state index in [2.05, 4.69) is 35.2 Å². The van der Waals surface area contributed by atoms with Crippen molar-refractivity contribution in [1.29, 1.82) is 0 Å². The first kappa shape index (κ1) is 28.2. The normalized spacial score (nSPS) is 14.8. The number of halogens is 3. The largest absolute Gasteiger partial charge is 0.573 e. The van der Waals surface area contributed by atoms with Gasteiger partial charge in [0.25, 0.3) is 11.8 Å². The average molecular weight is 572 g/mol. The zero-order chi connectivity index (χ0) is 29.0. The number of likely N-dealkylation sites (tertiary alicyclic amines) is 1. The van der Waals surface area contributed by atoms with Crippen molar-refractivity contribution in [3.8, 4) is 28.7 Å². The fourth-order valence-corrected chi connectivity index (χ4v) is 4.41. The third-order valence-electron chi connectivity index (χ3n) is 6.63. The highest BCUT2D eigenvalue weighted by atomic mass is 19.4. The van der Waals surface area contributed by atoms with Gasteiger partial charge >= 0.3 is 6.36 Å². The monoisotopic (exact) mass is 571 g/mol. The van der Waals surface area contributed by atoms with E-state index in [9.17, 15) is 23.1 Å². The number of amides is 1. The number of piperidine rings is 1. The lowest BCUT2D eigenvalue weighted by Crippen LogP contribution is -2.40. The summed E-state index contributed by atoms with van der Waals surface area (Å²) in [6.07, 6.45) is -1.86. The Morgan fingerprint density at radius 2 is 1.93 bits per heavy atom. The molecule has 0 aliphatic carbocycles. The number of aliphatic hydroxyl groups excluding tert-OH is 1. The maximum absolute atomic E-state index is 12.5. The summed E-state index contributed by atoms with van der Waals surface area (Å²) in [5.74, 6) is -0.250. The molecule has 41 heavy (non-hydrogen) atoms. The third-order valence-corrected chi connectivity index (χ3v) is 6.63. The summed E-state index contributed by atoms with van der Waals surface area (Å²) in [5.41, 5.74) is 2.86. The number of ether oxygens (including phenoxy) is 1. The second-order valence-electron chi connectivity index (χ2n) is 9.70. The van der Waals surface area contributed by atoms with Crippen molar-refractivity contribution in [2.24, 2.45) is 0 Å². The lowest BCUT2D eigenvalue weighted by atomic mass is 10.1. The number of alkyl halides is 3. The Morgan fingerprint density at radius 3 is 2.61 bits per heavy atom. The predicted octanol–water partition coefficient (Wildman–Crippen LogP) is 3.44. The molecule has 0 radical (unpaired) electrons. The van der Waals surface area contributed by atoms with E-state index in [-0.39, 0.29) is 29.5 Å². The van der Waals surface area contributed by atoms with Crippen LogP contribution in [0.15, 0.2) is 53.2 Å². The zero-order valence-electron chi connectivity index (χ0n) is 22.1. The minimum absolute atomic E-state index is 0.156. The number of carbonyl (C=O) groups is 1. The minimum atomic E-state index is -4.77. The molecular weight excluding hydrogens is 543 g/mol. The topological polar surface area (TPSA) is 131 Å². The van der Waals surface area contributed by atoms with Gasteiger partial charge in [0.2, 0.25) is 5.82 Å². The number of rotatable bonds is 9. The van der Waals surface area contributed by atoms with E-state index in [1.165, 1.54) is 24.3 Å². The fraction of sp³-hybridized carbons (Fsp3) is 0.370. The molecule has 216 valence electrons. The van der Waals surface area contributed by atoms with E-state index >= 15 is 0 Å². The second-order valence-corrected chi connectivity index (χ2v) is 9.70. The first-order chi connectivity index (χ1) is 19.6. The molecule has 1 aromatic carbocycles. The maximum Gasteiger partial charge on any atom is 0.573 e. The van der Waals surface area contributed by atoms with Gasteiger partial charge in [0, 0.05) is 43.6 Å². The van der Waals surface area contributed by atoms with Crippen molar-refractivity contribution in [1.82, 2.24) is 35.1 Å². The second kappa shape index (κ2) is 12.1. The van der Waals surface area contributed by atoms with Gasteiger partial charge in [-0.2, -0.15) is 10.1 Å². The summed E-state index contributed by atoms with van der Waals surface area (Å²) in [6.45, 7) is 5.13. The van der Waals surface area contributed by atoms with Crippen molar-refractivity contribution < 1.29 is 32.3 Å². The number of hydrogen-bond acceptors (Lipinski definition) is 9. The lowest BCUT2D eigenvalue weighted by Gasteiger charge is -2.29. The van der Waals surface area contributed by atoms with E-state index in [1.807, 2.05) is 13.0 Å². The number of aromatic nitrogens is 5. The van der Waals surface area contributed by atoms with Crippen LogP contribution in [0.5, 0.6) is 5.75 Å². The van der Waals surface area contributed by atoms with Gasteiger partial charge < -0.3 is 24.6 Å². The van der Waals surface area contributed by atoms with E-state index in [1.54, 1.807) is 23.0 Å². The molecule has 2 N–H and O–H groups in total. The number of nitrogens with zero attached hydrogens (tertiary/aromatic N) is 6. The Hall–Kier alpha value is -4.30. The summed E-state index contributed by atoms with van der Waals surface area (Å²) in [4.78, 5) is 23.3. The molecule has 1 aliphatic rings. The van der Waals surface area contributed by atoms with E-state index in [0.29, 0.717) is 30.0 Å². The highest BCUT2D eigenvalue weighted by Crippen LogP contribution is 2.27. The van der Waals surface area contributed by atoms with E-state index < -0.39 is 6.36 Å². The molecule has 1 saturated heterocycles. The Morgan fingerprint density at radius 1 is 1.17 bits per heavy atom. The van der Waals surface area contributed by atoms with Crippen LogP contribution in [0.4, 0.5) is 13.2 Å². The molecule has 11 nitrogen and oxygen atoms in total. The summed E-state index contributed by atoms with van der Waals surface area (Å²) >= 11 is 0. The quantitative estimate of drug-likeness (QED) is 0.310. The van der Waals surface area contributed by atoms with Crippen molar-refractivity contribution in [3.05, 3.63) is 65.6 Å². The summed E-state index contributed by atoms with van der Waals surface area (Å²) in [7, 11) is 0. The minimum Gasteiger partial charge on any atom is -0.406 e. The Balaban J connectivity index is 1.16. The van der Waals surface area contributed by atoms with Crippen LogP contribution in [-0.2, 0) is 6.54 Å². The third kappa shape index (κ3) is 7.46. The van der Waals surface area contributed by atoms with Crippen LogP contribution in [0.1, 0.15) is 34.6 Å². The Labute approximate surface area is 232 Å². The Bertz CT molecular complexity index is 1460. The van der Waals surface area contributed by atoms with E-state index in [4.69, 9.17) is 4.52 Å². The molecular formula is C27H28F3N7O4. The van der Waals surface area contributed by atoms with Crippen LogP contribution in [0.2, 0.25) is 0 Å². The number of benzene rings is 1. The molecule has 1 fully saturated rings. The molecule has 5 rings (SSSR count). The Kier molecular flexibility index (Phi) is 8.31. The van der Waals surface area contributed by atoms with Crippen molar-refractivity contribution in [3.63, 3.8) is 0 Å². The van der Waals surface area contributed by atoms with Crippen LogP contribution in [0.25, 0.3) is 23.0 Å². The summed E-state index contributed by atoms with van der Waals surface area (Å²) in [5, 5.41) is 20.9. The first-order valence-corrected chi connectivity index (χ1v) is 13.0. The molecule has 0 spiro atoms. The molecule has 0 unspecified atom stereocenters.